The summed E-state index contributed by atoms with van der Waals surface area (Å²) >= 11 is 0. The van der Waals surface area contributed by atoms with E-state index < -0.39 is 0 Å². The first-order valence-corrected chi connectivity index (χ1v) is 8.23. The van der Waals surface area contributed by atoms with Gasteiger partial charge in [-0.15, -0.1) is 0 Å². The molecule has 0 aliphatic carbocycles. The minimum absolute atomic E-state index is 0.00314. The van der Waals surface area contributed by atoms with Gasteiger partial charge in [0.25, 0.3) is 0 Å². The molecule has 2 N–H and O–H groups in total. The molecule has 1 fully saturated rings. The highest BCUT2D eigenvalue weighted by atomic mass is 16.5. The van der Waals surface area contributed by atoms with Gasteiger partial charge >= 0.3 is 6.03 Å². The molecule has 1 saturated heterocycles. The lowest BCUT2D eigenvalue weighted by Crippen LogP contribution is -2.51. The minimum atomic E-state index is -0.00314. The zero-order valence-electron chi connectivity index (χ0n) is 13.7. The van der Waals surface area contributed by atoms with Crippen molar-refractivity contribution >= 4 is 17.1 Å². The Balaban J connectivity index is 1.43. The number of hydrogen-bond acceptors (Lipinski definition) is 3. The first kappa shape index (κ1) is 15.8. The summed E-state index contributed by atoms with van der Waals surface area (Å²) in [5.41, 5.74) is 2.05. The molecule has 1 aromatic heterocycles. The van der Waals surface area contributed by atoms with Crippen LogP contribution in [0, 0.1) is 0 Å². The fraction of sp³-hybridized carbons (Fsp3) is 0.529. The number of carbonyl (C=O) groups excluding carboxylic acids is 1. The molecule has 6 heteroatoms. The van der Waals surface area contributed by atoms with Crippen LogP contribution in [-0.4, -0.2) is 52.7 Å². The summed E-state index contributed by atoms with van der Waals surface area (Å²) in [6.45, 7) is 5.95. The number of fused-ring (bicyclic) bond motifs is 1. The van der Waals surface area contributed by atoms with Crippen LogP contribution in [0.1, 0.15) is 26.1 Å². The maximum Gasteiger partial charge on any atom is 0.317 e. The molecule has 0 bridgehead atoms. The van der Waals surface area contributed by atoms with Crippen molar-refractivity contribution < 1.29 is 9.53 Å². The SMILES string of the molecule is CC1CN(C(=O)NCCCc2nc3ccccc3[nH]2)CC(C)O1. The quantitative estimate of drug-likeness (QED) is 0.850. The summed E-state index contributed by atoms with van der Waals surface area (Å²) in [6.07, 6.45) is 1.88. The summed E-state index contributed by atoms with van der Waals surface area (Å²) in [4.78, 5) is 21.9. The van der Waals surface area contributed by atoms with E-state index in [0.717, 1.165) is 29.7 Å². The van der Waals surface area contributed by atoms with E-state index in [1.54, 1.807) is 0 Å². The highest BCUT2D eigenvalue weighted by Gasteiger charge is 2.25. The molecular formula is C17H24N4O2. The molecule has 6 nitrogen and oxygen atoms in total. The third kappa shape index (κ3) is 4.01. The van der Waals surface area contributed by atoms with Crippen LogP contribution in [0.2, 0.25) is 0 Å². The summed E-state index contributed by atoms with van der Waals surface area (Å²) in [7, 11) is 0. The number of hydrogen-bond donors (Lipinski definition) is 2. The van der Waals surface area contributed by atoms with Gasteiger partial charge in [-0.25, -0.2) is 9.78 Å². The van der Waals surface area contributed by atoms with Gasteiger partial charge in [-0.3, -0.25) is 0 Å². The van der Waals surface area contributed by atoms with Crippen molar-refractivity contribution in [3.8, 4) is 0 Å². The summed E-state index contributed by atoms with van der Waals surface area (Å²) in [6, 6.07) is 8.00. The van der Waals surface area contributed by atoms with Crippen molar-refractivity contribution in [3.63, 3.8) is 0 Å². The predicted octanol–water partition coefficient (Wildman–Crippen LogP) is 2.31. The van der Waals surface area contributed by atoms with Crippen LogP contribution in [0.4, 0.5) is 4.79 Å². The fourth-order valence-electron chi connectivity index (χ4n) is 3.03. The number of urea groups is 1. The van der Waals surface area contributed by atoms with Gasteiger partial charge in [0.05, 0.1) is 23.2 Å². The zero-order valence-corrected chi connectivity index (χ0v) is 13.7. The number of rotatable bonds is 4. The summed E-state index contributed by atoms with van der Waals surface area (Å²) in [5, 5.41) is 2.99. The lowest BCUT2D eigenvalue weighted by Gasteiger charge is -2.35. The Hall–Kier alpha value is -2.08. The number of morpholine rings is 1. The van der Waals surface area contributed by atoms with Crippen molar-refractivity contribution in [2.75, 3.05) is 19.6 Å². The van der Waals surface area contributed by atoms with Crippen LogP contribution in [0.15, 0.2) is 24.3 Å². The van der Waals surface area contributed by atoms with Gasteiger partial charge in [0.15, 0.2) is 0 Å². The Morgan fingerprint density at radius 1 is 1.35 bits per heavy atom. The average molecular weight is 316 g/mol. The molecule has 0 spiro atoms. The van der Waals surface area contributed by atoms with Gasteiger partial charge in [-0.05, 0) is 32.4 Å². The third-order valence-corrected chi connectivity index (χ3v) is 4.01. The summed E-state index contributed by atoms with van der Waals surface area (Å²) < 4.78 is 5.64. The van der Waals surface area contributed by atoms with Crippen LogP contribution >= 0.6 is 0 Å². The number of carbonyl (C=O) groups is 1. The van der Waals surface area contributed by atoms with E-state index in [1.807, 2.05) is 43.0 Å². The molecule has 0 saturated carbocycles. The van der Waals surface area contributed by atoms with Crippen LogP contribution in [0.25, 0.3) is 11.0 Å². The third-order valence-electron chi connectivity index (χ3n) is 4.01. The number of para-hydroxylation sites is 2. The highest BCUT2D eigenvalue weighted by Crippen LogP contribution is 2.12. The molecule has 2 aromatic rings. The Kier molecular flexibility index (Phi) is 4.81. The van der Waals surface area contributed by atoms with Gasteiger partial charge in [0.2, 0.25) is 0 Å². The highest BCUT2D eigenvalue weighted by molar-refractivity contribution is 5.75. The van der Waals surface area contributed by atoms with Crippen molar-refractivity contribution in [2.24, 2.45) is 0 Å². The number of aromatic nitrogens is 2. The number of H-pyrrole nitrogens is 1. The van der Waals surface area contributed by atoms with Crippen LogP contribution < -0.4 is 5.32 Å². The molecule has 2 heterocycles. The van der Waals surface area contributed by atoms with E-state index in [0.29, 0.717) is 19.6 Å². The van der Waals surface area contributed by atoms with Gasteiger partial charge in [-0.2, -0.15) is 0 Å². The summed E-state index contributed by atoms with van der Waals surface area (Å²) in [5.74, 6) is 0.967. The maximum absolute atomic E-state index is 12.2. The molecule has 1 aliphatic heterocycles. The Morgan fingerprint density at radius 2 is 2.09 bits per heavy atom. The molecule has 124 valence electrons. The van der Waals surface area contributed by atoms with Crippen LogP contribution in [-0.2, 0) is 11.2 Å². The first-order chi connectivity index (χ1) is 11.1. The second-order valence-corrected chi connectivity index (χ2v) is 6.20. The zero-order chi connectivity index (χ0) is 16.2. The largest absolute Gasteiger partial charge is 0.372 e. The van der Waals surface area contributed by atoms with Crippen LogP contribution in [0.5, 0.6) is 0 Å². The standard InChI is InChI=1S/C17H24N4O2/c1-12-10-21(11-13(2)23-12)17(22)18-9-5-8-16-19-14-6-3-4-7-15(14)20-16/h3-4,6-7,12-13H,5,8-11H2,1-2H3,(H,18,22)(H,19,20). The second-order valence-electron chi connectivity index (χ2n) is 6.20. The van der Waals surface area contributed by atoms with Crippen molar-refractivity contribution in [2.45, 2.75) is 38.9 Å². The Morgan fingerprint density at radius 3 is 2.83 bits per heavy atom. The number of imidazole rings is 1. The van der Waals surface area contributed by atoms with Crippen molar-refractivity contribution in [1.29, 1.82) is 0 Å². The number of benzene rings is 1. The predicted molar refractivity (Wildman–Crippen MR) is 89.4 cm³/mol. The topological polar surface area (TPSA) is 70.2 Å². The van der Waals surface area contributed by atoms with Gasteiger partial charge in [0, 0.05) is 26.1 Å². The second kappa shape index (κ2) is 7.00. The molecule has 2 amide bonds. The molecule has 0 radical (unpaired) electrons. The van der Waals surface area contributed by atoms with E-state index in [9.17, 15) is 4.79 Å². The van der Waals surface area contributed by atoms with E-state index >= 15 is 0 Å². The molecule has 2 unspecified atom stereocenters. The van der Waals surface area contributed by atoms with Gasteiger partial charge in [0.1, 0.15) is 5.82 Å². The lowest BCUT2D eigenvalue weighted by molar-refractivity contribution is -0.0545. The molecule has 3 rings (SSSR count). The van der Waals surface area contributed by atoms with Crippen molar-refractivity contribution in [1.82, 2.24) is 20.2 Å². The van der Waals surface area contributed by atoms with Crippen LogP contribution in [0.3, 0.4) is 0 Å². The number of amides is 2. The molecule has 23 heavy (non-hydrogen) atoms. The number of nitrogens with one attached hydrogen (secondary N) is 2. The van der Waals surface area contributed by atoms with Gasteiger partial charge < -0.3 is 19.9 Å². The fourth-order valence-corrected chi connectivity index (χ4v) is 3.03. The Labute approximate surface area is 136 Å². The Bertz CT molecular complexity index is 626. The van der Waals surface area contributed by atoms with E-state index in [-0.39, 0.29) is 18.2 Å². The number of aromatic amines is 1. The average Bonchev–Trinajstić information content (AvgIpc) is 2.93. The van der Waals surface area contributed by atoms with E-state index in [1.165, 1.54) is 0 Å². The first-order valence-electron chi connectivity index (χ1n) is 8.23. The number of aryl methyl sites for hydroxylation is 1. The van der Waals surface area contributed by atoms with E-state index in [2.05, 4.69) is 15.3 Å². The monoisotopic (exact) mass is 316 g/mol. The molecule has 1 aliphatic rings. The van der Waals surface area contributed by atoms with Crippen molar-refractivity contribution in [3.05, 3.63) is 30.1 Å². The minimum Gasteiger partial charge on any atom is -0.372 e. The van der Waals surface area contributed by atoms with Gasteiger partial charge in [-0.1, -0.05) is 12.1 Å². The normalized spacial score (nSPS) is 21.6. The molecule has 2 atom stereocenters. The number of nitrogens with zero attached hydrogens (tertiary/aromatic N) is 2. The molecule has 1 aromatic carbocycles. The number of ether oxygens (including phenoxy) is 1. The smallest absolute Gasteiger partial charge is 0.317 e. The molecular weight excluding hydrogens is 292 g/mol. The van der Waals surface area contributed by atoms with E-state index in [4.69, 9.17) is 4.74 Å². The maximum atomic E-state index is 12.2. The lowest BCUT2D eigenvalue weighted by atomic mass is 10.2.